The van der Waals surface area contributed by atoms with E-state index in [1.165, 1.54) is 0 Å². The van der Waals surface area contributed by atoms with Crippen molar-refractivity contribution in [3.05, 3.63) is 0 Å². The quantitative estimate of drug-likeness (QED) is 0.473. The van der Waals surface area contributed by atoms with Crippen LogP contribution < -0.4 is 5.73 Å². The fourth-order valence-corrected chi connectivity index (χ4v) is 2.89. The van der Waals surface area contributed by atoms with E-state index in [2.05, 4.69) is 24.6 Å². The van der Waals surface area contributed by atoms with Gasteiger partial charge in [0.1, 0.15) is 6.29 Å². The van der Waals surface area contributed by atoms with Crippen LogP contribution >= 0.6 is 0 Å². The molecule has 4 aliphatic heterocycles. The number of rotatable bonds is 0. The number of aliphatic imine (C=N–C) groups is 1. The SMILES string of the molecule is NC1N=C(N2CC2)N2CCN3CCN1C32. The van der Waals surface area contributed by atoms with Crippen LogP contribution in [0.2, 0.25) is 0 Å². The van der Waals surface area contributed by atoms with E-state index in [4.69, 9.17) is 5.73 Å². The third-order valence-corrected chi connectivity index (χ3v) is 3.75. The summed E-state index contributed by atoms with van der Waals surface area (Å²) in [7, 11) is 0. The van der Waals surface area contributed by atoms with Crippen molar-refractivity contribution in [2.75, 3.05) is 39.3 Å². The molecule has 2 atom stereocenters. The van der Waals surface area contributed by atoms with Gasteiger partial charge in [-0.1, -0.05) is 0 Å². The highest BCUT2D eigenvalue weighted by Gasteiger charge is 2.49. The van der Waals surface area contributed by atoms with Crippen LogP contribution in [-0.4, -0.2) is 77.4 Å². The van der Waals surface area contributed by atoms with Gasteiger partial charge < -0.3 is 9.80 Å². The van der Waals surface area contributed by atoms with Gasteiger partial charge in [-0.3, -0.25) is 10.6 Å². The molecule has 3 fully saturated rings. The summed E-state index contributed by atoms with van der Waals surface area (Å²) >= 11 is 0. The smallest absolute Gasteiger partial charge is 0.201 e. The average molecular weight is 208 g/mol. The van der Waals surface area contributed by atoms with Crippen molar-refractivity contribution < 1.29 is 0 Å². The second-order valence-corrected chi connectivity index (χ2v) is 4.64. The third kappa shape index (κ3) is 1.01. The minimum absolute atomic E-state index is 0.134. The lowest BCUT2D eigenvalue weighted by Gasteiger charge is -2.40. The lowest BCUT2D eigenvalue weighted by molar-refractivity contribution is 0.0413. The van der Waals surface area contributed by atoms with E-state index in [1.54, 1.807) is 0 Å². The van der Waals surface area contributed by atoms with Crippen LogP contribution in [0.5, 0.6) is 0 Å². The molecule has 0 radical (unpaired) electrons. The highest BCUT2D eigenvalue weighted by atomic mass is 15.7. The largest absolute Gasteiger partial charge is 0.339 e. The summed E-state index contributed by atoms with van der Waals surface area (Å²) in [5.41, 5.74) is 6.09. The van der Waals surface area contributed by atoms with Gasteiger partial charge in [0, 0.05) is 39.3 Å². The van der Waals surface area contributed by atoms with E-state index in [-0.39, 0.29) is 6.29 Å². The van der Waals surface area contributed by atoms with Crippen molar-refractivity contribution in [2.45, 2.75) is 12.6 Å². The molecule has 15 heavy (non-hydrogen) atoms. The van der Waals surface area contributed by atoms with Crippen LogP contribution in [0.15, 0.2) is 4.99 Å². The molecule has 4 heterocycles. The molecule has 0 spiro atoms. The Bertz CT molecular complexity index is 325. The van der Waals surface area contributed by atoms with Gasteiger partial charge in [0.2, 0.25) is 5.96 Å². The molecule has 3 saturated heterocycles. The van der Waals surface area contributed by atoms with Crippen LogP contribution in [-0.2, 0) is 0 Å². The number of guanidine groups is 1. The topological polar surface area (TPSA) is 51.1 Å². The fraction of sp³-hybridized carbons (Fsp3) is 0.889. The van der Waals surface area contributed by atoms with E-state index in [1.807, 2.05) is 0 Å². The standard InChI is InChI=1S/C9H16N6/c10-7-11-8(12-1-2-12)15-6-4-13-3-5-14(7)9(13)15/h7,9H,1-6,10H2. The van der Waals surface area contributed by atoms with Crippen molar-refractivity contribution in [3.63, 3.8) is 0 Å². The maximum Gasteiger partial charge on any atom is 0.201 e. The zero-order valence-electron chi connectivity index (χ0n) is 8.71. The molecule has 4 rings (SSSR count). The van der Waals surface area contributed by atoms with Gasteiger partial charge >= 0.3 is 0 Å². The van der Waals surface area contributed by atoms with Gasteiger partial charge in [-0.25, -0.2) is 9.89 Å². The van der Waals surface area contributed by atoms with E-state index in [9.17, 15) is 0 Å². The summed E-state index contributed by atoms with van der Waals surface area (Å²) < 4.78 is 0. The Morgan fingerprint density at radius 3 is 2.67 bits per heavy atom. The van der Waals surface area contributed by atoms with Gasteiger partial charge in [-0.2, -0.15) is 0 Å². The molecule has 4 aliphatic rings. The molecule has 2 N–H and O–H groups in total. The molecule has 2 unspecified atom stereocenters. The molecule has 0 aromatic rings. The molecule has 0 saturated carbocycles. The molecular weight excluding hydrogens is 192 g/mol. The number of nitrogens with two attached hydrogens (primary N) is 1. The van der Waals surface area contributed by atoms with Crippen LogP contribution in [0.4, 0.5) is 0 Å². The Labute approximate surface area is 88.9 Å². The Morgan fingerprint density at radius 2 is 1.87 bits per heavy atom. The van der Waals surface area contributed by atoms with Crippen LogP contribution in [0.3, 0.4) is 0 Å². The van der Waals surface area contributed by atoms with Crippen LogP contribution in [0, 0.1) is 0 Å². The van der Waals surface area contributed by atoms with Gasteiger partial charge in [-0.15, -0.1) is 0 Å². The van der Waals surface area contributed by atoms with E-state index < -0.39 is 0 Å². The molecule has 6 nitrogen and oxygen atoms in total. The number of hydrogen-bond donors (Lipinski definition) is 1. The molecule has 0 aliphatic carbocycles. The van der Waals surface area contributed by atoms with E-state index >= 15 is 0 Å². The maximum atomic E-state index is 6.09. The van der Waals surface area contributed by atoms with Crippen molar-refractivity contribution in [1.82, 2.24) is 19.6 Å². The molecular formula is C9H16N6. The van der Waals surface area contributed by atoms with E-state index in [0.717, 1.165) is 45.2 Å². The van der Waals surface area contributed by atoms with Crippen LogP contribution in [0.1, 0.15) is 0 Å². The first kappa shape index (κ1) is 8.32. The lowest BCUT2D eigenvalue weighted by atomic mass is 10.4. The van der Waals surface area contributed by atoms with Gasteiger partial charge in [-0.05, 0) is 0 Å². The van der Waals surface area contributed by atoms with E-state index in [0.29, 0.717) is 6.29 Å². The minimum atomic E-state index is -0.134. The summed E-state index contributed by atoms with van der Waals surface area (Å²) in [4.78, 5) is 14.1. The molecule has 6 heteroatoms. The fourth-order valence-electron chi connectivity index (χ4n) is 2.89. The summed E-state index contributed by atoms with van der Waals surface area (Å²) in [6.45, 7) is 6.74. The lowest BCUT2D eigenvalue weighted by Crippen LogP contribution is -2.59. The normalized spacial score (nSPS) is 39.7. The minimum Gasteiger partial charge on any atom is -0.339 e. The zero-order valence-corrected chi connectivity index (χ0v) is 8.71. The molecule has 0 aromatic carbocycles. The molecule has 0 bridgehead atoms. The molecule has 0 aromatic heterocycles. The summed E-state index contributed by atoms with van der Waals surface area (Å²) in [6.07, 6.45) is 0.262. The summed E-state index contributed by atoms with van der Waals surface area (Å²) in [5, 5.41) is 0. The average Bonchev–Trinajstić information content (AvgIpc) is 2.84. The van der Waals surface area contributed by atoms with Crippen molar-refractivity contribution in [1.29, 1.82) is 0 Å². The van der Waals surface area contributed by atoms with Gasteiger partial charge in [0.25, 0.3) is 0 Å². The van der Waals surface area contributed by atoms with Gasteiger partial charge in [0.15, 0.2) is 6.29 Å². The summed E-state index contributed by atoms with van der Waals surface area (Å²) in [6, 6.07) is 0. The highest BCUT2D eigenvalue weighted by Crippen LogP contribution is 2.30. The predicted octanol–water partition coefficient (Wildman–Crippen LogP) is -1.87. The monoisotopic (exact) mass is 208 g/mol. The Morgan fingerprint density at radius 1 is 1.07 bits per heavy atom. The van der Waals surface area contributed by atoms with Crippen molar-refractivity contribution >= 4 is 5.96 Å². The summed E-state index contributed by atoms with van der Waals surface area (Å²) in [5.74, 6) is 1.13. The Balaban J connectivity index is 1.74. The number of nitrogens with zero attached hydrogens (tertiary/aromatic N) is 5. The van der Waals surface area contributed by atoms with Crippen molar-refractivity contribution in [2.24, 2.45) is 10.7 Å². The van der Waals surface area contributed by atoms with Gasteiger partial charge in [0.05, 0.1) is 0 Å². The number of hydrogen-bond acceptors (Lipinski definition) is 6. The highest BCUT2D eigenvalue weighted by molar-refractivity contribution is 5.83. The Kier molecular flexibility index (Phi) is 1.46. The maximum absolute atomic E-state index is 6.09. The second kappa shape index (κ2) is 2.63. The third-order valence-electron chi connectivity index (χ3n) is 3.75. The first-order chi connectivity index (χ1) is 7.34. The zero-order chi connectivity index (χ0) is 9.99. The first-order valence-corrected chi connectivity index (χ1v) is 5.69. The Hall–Kier alpha value is -0.850. The van der Waals surface area contributed by atoms with Crippen LogP contribution in [0.25, 0.3) is 0 Å². The first-order valence-electron chi connectivity index (χ1n) is 5.69. The molecule has 0 amide bonds. The van der Waals surface area contributed by atoms with Crippen molar-refractivity contribution in [3.8, 4) is 0 Å². The molecule has 82 valence electrons. The predicted molar refractivity (Wildman–Crippen MR) is 55.8 cm³/mol. The second-order valence-electron chi connectivity index (χ2n) is 4.64.